The number of fused-ring (bicyclic) bond motifs is 1. The van der Waals surface area contributed by atoms with Gasteiger partial charge in [0.25, 0.3) is 0 Å². The maximum atomic E-state index is 12.9. The largest absolute Gasteiger partial charge is 0.486 e. The molecule has 8 heteroatoms. The van der Waals surface area contributed by atoms with Crippen LogP contribution in [0.4, 0.5) is 0 Å². The van der Waals surface area contributed by atoms with Crippen molar-refractivity contribution in [3.05, 3.63) is 18.2 Å². The molecule has 1 saturated heterocycles. The first-order chi connectivity index (χ1) is 11.6. The Morgan fingerprint density at radius 1 is 1.04 bits per heavy atom. The van der Waals surface area contributed by atoms with E-state index in [9.17, 15) is 8.42 Å². The minimum Gasteiger partial charge on any atom is -0.486 e. The molecule has 1 aliphatic carbocycles. The molecule has 1 aromatic carbocycles. The number of piperidine rings is 1. The van der Waals surface area contributed by atoms with Crippen LogP contribution in [0.15, 0.2) is 23.1 Å². The number of nitrogens with zero attached hydrogens (tertiary/aromatic N) is 1. The van der Waals surface area contributed by atoms with Crippen molar-refractivity contribution in [1.29, 1.82) is 0 Å². The molecule has 25 heavy (non-hydrogen) atoms. The Morgan fingerprint density at radius 2 is 1.72 bits per heavy atom. The fourth-order valence-corrected chi connectivity index (χ4v) is 4.77. The van der Waals surface area contributed by atoms with Gasteiger partial charge >= 0.3 is 0 Å². The maximum absolute atomic E-state index is 12.9. The second kappa shape index (κ2) is 7.70. The van der Waals surface area contributed by atoms with Crippen molar-refractivity contribution in [1.82, 2.24) is 9.62 Å². The van der Waals surface area contributed by atoms with E-state index in [1.807, 2.05) is 0 Å². The van der Waals surface area contributed by atoms with Crippen LogP contribution in [-0.4, -0.2) is 51.6 Å². The molecular weight excluding hydrogens is 364 g/mol. The molecule has 4 rings (SSSR count). The summed E-state index contributed by atoms with van der Waals surface area (Å²) in [7, 11) is -3.47. The van der Waals surface area contributed by atoms with Crippen molar-refractivity contribution in [3.63, 3.8) is 0 Å². The highest BCUT2D eigenvalue weighted by atomic mass is 35.5. The lowest BCUT2D eigenvalue weighted by Gasteiger charge is -2.32. The van der Waals surface area contributed by atoms with Gasteiger partial charge in [-0.05, 0) is 50.3 Å². The molecular formula is C17H25ClN2O4S. The van der Waals surface area contributed by atoms with Crippen molar-refractivity contribution in [3.8, 4) is 11.5 Å². The molecule has 0 aromatic heterocycles. The lowest BCUT2D eigenvalue weighted by Crippen LogP contribution is -2.45. The molecule has 1 N–H and O–H groups in total. The number of hydrogen-bond donors (Lipinski definition) is 1. The van der Waals surface area contributed by atoms with Crippen LogP contribution >= 0.6 is 12.4 Å². The molecule has 2 fully saturated rings. The summed E-state index contributed by atoms with van der Waals surface area (Å²) < 4.78 is 38.3. The van der Waals surface area contributed by atoms with Gasteiger partial charge < -0.3 is 14.8 Å². The standard InChI is InChI=1S/C17H24N2O4S.ClH/c20-24(21,15-3-4-16-17(11-15)23-10-9-22-16)19-7-5-14(6-8-19)18-12-13-1-2-13;/h3-4,11,13-14,18H,1-2,5-10,12H2;1H. The summed E-state index contributed by atoms with van der Waals surface area (Å²) in [6, 6.07) is 5.32. The Hall–Kier alpha value is -1.02. The number of sulfonamides is 1. The van der Waals surface area contributed by atoms with Crippen molar-refractivity contribution in [2.24, 2.45) is 5.92 Å². The molecule has 1 aromatic rings. The number of ether oxygens (including phenoxy) is 2. The normalized spacial score (nSPS) is 21.6. The molecule has 0 bridgehead atoms. The second-order valence-corrected chi connectivity index (χ2v) is 8.77. The van der Waals surface area contributed by atoms with Crippen LogP contribution in [0.25, 0.3) is 0 Å². The predicted octanol–water partition coefficient (Wildman–Crippen LogP) is 2.03. The molecule has 0 radical (unpaired) electrons. The average Bonchev–Trinajstić information content (AvgIpc) is 3.44. The summed E-state index contributed by atoms with van der Waals surface area (Å²) >= 11 is 0. The van der Waals surface area contributed by atoms with Gasteiger partial charge in [0.05, 0.1) is 4.90 Å². The summed E-state index contributed by atoms with van der Waals surface area (Å²) in [6.07, 6.45) is 4.42. The Kier molecular flexibility index (Phi) is 5.78. The fourth-order valence-electron chi connectivity index (χ4n) is 3.29. The molecule has 0 atom stereocenters. The molecule has 6 nitrogen and oxygen atoms in total. The van der Waals surface area contributed by atoms with Crippen LogP contribution in [-0.2, 0) is 10.0 Å². The lowest BCUT2D eigenvalue weighted by molar-refractivity contribution is 0.171. The highest BCUT2D eigenvalue weighted by Crippen LogP contribution is 2.33. The smallest absolute Gasteiger partial charge is 0.243 e. The quantitative estimate of drug-likeness (QED) is 0.835. The van der Waals surface area contributed by atoms with Crippen LogP contribution in [0.1, 0.15) is 25.7 Å². The Balaban J connectivity index is 0.00000182. The number of nitrogens with one attached hydrogen (secondary N) is 1. The van der Waals surface area contributed by atoms with E-state index in [0.717, 1.165) is 25.3 Å². The van der Waals surface area contributed by atoms with Crippen LogP contribution in [0.5, 0.6) is 11.5 Å². The van der Waals surface area contributed by atoms with Gasteiger partial charge in [0.2, 0.25) is 10.0 Å². The third-order valence-corrected chi connectivity index (χ3v) is 6.89. The molecule has 0 unspecified atom stereocenters. The monoisotopic (exact) mass is 388 g/mol. The van der Waals surface area contributed by atoms with Crippen molar-refractivity contribution in [2.45, 2.75) is 36.6 Å². The van der Waals surface area contributed by atoms with Crippen molar-refractivity contribution < 1.29 is 17.9 Å². The summed E-state index contributed by atoms with van der Waals surface area (Å²) in [5.41, 5.74) is 0. The van der Waals surface area contributed by atoms with Crippen LogP contribution in [0.3, 0.4) is 0 Å². The van der Waals surface area contributed by atoms with E-state index in [2.05, 4.69) is 5.32 Å². The molecule has 2 aliphatic heterocycles. The highest BCUT2D eigenvalue weighted by Gasteiger charge is 2.31. The van der Waals surface area contributed by atoms with Crippen molar-refractivity contribution >= 4 is 22.4 Å². The minimum atomic E-state index is -3.47. The molecule has 0 spiro atoms. The third-order valence-electron chi connectivity index (χ3n) is 5.00. The van der Waals surface area contributed by atoms with Crippen LogP contribution in [0.2, 0.25) is 0 Å². The fraction of sp³-hybridized carbons (Fsp3) is 0.647. The predicted molar refractivity (Wildman–Crippen MR) is 97.2 cm³/mol. The Morgan fingerprint density at radius 3 is 2.40 bits per heavy atom. The summed E-state index contributed by atoms with van der Waals surface area (Å²) in [5, 5.41) is 3.58. The zero-order valence-electron chi connectivity index (χ0n) is 14.1. The van der Waals surface area contributed by atoms with E-state index in [4.69, 9.17) is 9.47 Å². The first kappa shape index (κ1) is 18.8. The molecule has 0 amide bonds. The summed E-state index contributed by atoms with van der Waals surface area (Å²) in [4.78, 5) is 0.288. The zero-order chi connectivity index (χ0) is 16.6. The number of hydrogen-bond acceptors (Lipinski definition) is 5. The molecule has 3 aliphatic rings. The van der Waals surface area contributed by atoms with Gasteiger partial charge in [-0.15, -0.1) is 12.4 Å². The molecule has 1 saturated carbocycles. The topological polar surface area (TPSA) is 67.9 Å². The van der Waals surface area contributed by atoms with E-state index in [-0.39, 0.29) is 17.3 Å². The number of rotatable bonds is 5. The minimum absolute atomic E-state index is 0. The van der Waals surface area contributed by atoms with E-state index in [0.29, 0.717) is 43.8 Å². The van der Waals surface area contributed by atoms with Gasteiger partial charge in [-0.25, -0.2) is 8.42 Å². The van der Waals surface area contributed by atoms with Crippen LogP contribution < -0.4 is 14.8 Å². The average molecular weight is 389 g/mol. The van der Waals surface area contributed by atoms with Gasteiger partial charge in [-0.3, -0.25) is 0 Å². The van der Waals surface area contributed by atoms with Gasteiger partial charge in [-0.1, -0.05) is 0 Å². The van der Waals surface area contributed by atoms with E-state index in [1.165, 1.54) is 12.8 Å². The number of benzene rings is 1. The van der Waals surface area contributed by atoms with Crippen molar-refractivity contribution in [2.75, 3.05) is 32.8 Å². The first-order valence-corrected chi connectivity index (χ1v) is 10.2. The third kappa shape index (κ3) is 4.22. The highest BCUT2D eigenvalue weighted by molar-refractivity contribution is 7.89. The Labute approximate surface area is 155 Å². The van der Waals surface area contributed by atoms with Crippen LogP contribution in [0, 0.1) is 5.92 Å². The summed E-state index contributed by atoms with van der Waals surface area (Å²) in [6.45, 7) is 3.17. The Bertz CT molecular complexity index is 701. The van der Waals surface area contributed by atoms with Gasteiger partial charge in [-0.2, -0.15) is 4.31 Å². The van der Waals surface area contributed by atoms with E-state index < -0.39 is 10.0 Å². The SMILES string of the molecule is Cl.O=S(=O)(c1ccc2c(c1)OCCO2)N1CCC(NCC2CC2)CC1. The van der Waals surface area contributed by atoms with Gasteiger partial charge in [0, 0.05) is 25.2 Å². The van der Waals surface area contributed by atoms with E-state index in [1.54, 1.807) is 22.5 Å². The summed E-state index contributed by atoms with van der Waals surface area (Å²) in [5.74, 6) is 1.98. The lowest BCUT2D eigenvalue weighted by atomic mass is 10.1. The molecule has 2 heterocycles. The zero-order valence-corrected chi connectivity index (χ0v) is 15.8. The molecule has 140 valence electrons. The van der Waals surface area contributed by atoms with E-state index >= 15 is 0 Å². The van der Waals surface area contributed by atoms with Gasteiger partial charge in [0.1, 0.15) is 13.2 Å². The van der Waals surface area contributed by atoms with Gasteiger partial charge in [0.15, 0.2) is 11.5 Å². The maximum Gasteiger partial charge on any atom is 0.243 e. The number of halogens is 1. The first-order valence-electron chi connectivity index (χ1n) is 8.76. The second-order valence-electron chi connectivity index (χ2n) is 6.84.